The Balaban J connectivity index is 1.05. The lowest BCUT2D eigenvalue weighted by molar-refractivity contribution is -0.323. The summed E-state index contributed by atoms with van der Waals surface area (Å²) in [7, 11) is 6.43. The number of benzene rings is 1. The van der Waals surface area contributed by atoms with Crippen LogP contribution in [0.15, 0.2) is 30.3 Å². The number of rotatable bonds is 30. The smallest absolute Gasteiger partial charge is 0.338 e. The van der Waals surface area contributed by atoms with Gasteiger partial charge in [0.05, 0.1) is 30.5 Å². The van der Waals surface area contributed by atoms with Crippen LogP contribution in [0, 0.1) is 34.5 Å². The molecule has 1 heterocycles. The summed E-state index contributed by atoms with van der Waals surface area (Å²) in [5.74, 6) is -3.47. The minimum atomic E-state index is -1.85. The van der Waals surface area contributed by atoms with Crippen LogP contribution in [0.4, 0.5) is 0 Å². The van der Waals surface area contributed by atoms with Gasteiger partial charge in [-0.25, -0.2) is 4.79 Å². The van der Waals surface area contributed by atoms with Gasteiger partial charge in [-0.15, -0.1) is 0 Å². The Bertz CT molecular complexity index is 1720. The highest BCUT2D eigenvalue weighted by molar-refractivity contribution is 5.89. The Hall–Kier alpha value is -2.16. The molecule has 1 unspecified atom stereocenters. The van der Waals surface area contributed by atoms with E-state index in [0.717, 1.165) is 19.3 Å². The standard InChI is InChI=1S/C55H89NO11/c1-7-9-10-11-12-13-14-15-16-17-18-19-20-21-22-23-24-25-26-30-33-42(58)67-55-43-39(35-53(61,50(65-6)48(55)59)49(43)66-51(60)38-31-28-27-29-32-38)54-41(63-4)34-40(57)52(37-62-3)36-56(8-2)47(54)44(55)45(64-5)46(52)54/h27-29,31-32,39-41,43-50,57,59,61H,7-26,30,33-37H2,1-6H3/t39-,40-,41+,43-,44+,45+,46-,47?,48+,49-,50+,52+,53-,54+,55-/m1/s1. The van der Waals surface area contributed by atoms with Crippen LogP contribution in [0.1, 0.15) is 172 Å². The van der Waals surface area contributed by atoms with Gasteiger partial charge in [0.1, 0.15) is 23.9 Å². The van der Waals surface area contributed by atoms with E-state index >= 15 is 0 Å². The maximum Gasteiger partial charge on any atom is 0.338 e. The Morgan fingerprint density at radius 2 is 1.28 bits per heavy atom. The molecule has 5 aliphatic carbocycles. The second kappa shape index (κ2) is 23.4. The van der Waals surface area contributed by atoms with E-state index in [1.165, 1.54) is 110 Å². The first kappa shape index (κ1) is 52.7. The van der Waals surface area contributed by atoms with Gasteiger partial charge in [0.15, 0.2) is 5.60 Å². The molecule has 0 amide bonds. The number of likely N-dealkylation sites (tertiary alicyclic amines) is 1. The second-order valence-electron chi connectivity index (χ2n) is 21.8. The summed E-state index contributed by atoms with van der Waals surface area (Å²) in [4.78, 5) is 31.1. The fourth-order valence-electron chi connectivity index (χ4n) is 15.8. The monoisotopic (exact) mass is 940 g/mol. The van der Waals surface area contributed by atoms with Crippen molar-refractivity contribution in [1.82, 2.24) is 4.90 Å². The molecule has 1 aromatic carbocycles. The van der Waals surface area contributed by atoms with E-state index in [2.05, 4.69) is 18.7 Å². The zero-order valence-corrected chi connectivity index (χ0v) is 42.2. The third kappa shape index (κ3) is 9.44. The lowest BCUT2D eigenvalue weighted by atomic mass is 9.42. The van der Waals surface area contributed by atoms with Crippen molar-refractivity contribution in [3.8, 4) is 0 Å². The van der Waals surface area contributed by atoms with Crippen molar-refractivity contribution in [2.24, 2.45) is 34.5 Å². The Kier molecular flexibility index (Phi) is 18.4. The molecule has 1 spiro atoms. The maximum absolute atomic E-state index is 14.6. The summed E-state index contributed by atoms with van der Waals surface area (Å²) >= 11 is 0. The van der Waals surface area contributed by atoms with E-state index in [9.17, 15) is 24.9 Å². The summed E-state index contributed by atoms with van der Waals surface area (Å²) in [6, 6.07) is 8.34. The van der Waals surface area contributed by atoms with E-state index in [-0.39, 0.29) is 31.4 Å². The first-order chi connectivity index (χ1) is 32.5. The topological polar surface area (TPSA) is 153 Å². The Labute approximate surface area is 402 Å². The number of nitrogens with zero attached hydrogens (tertiary/aromatic N) is 1. The van der Waals surface area contributed by atoms with Gasteiger partial charge in [-0.3, -0.25) is 9.69 Å². The molecule has 67 heavy (non-hydrogen) atoms. The van der Waals surface area contributed by atoms with E-state index in [4.69, 9.17) is 28.4 Å². The molecular formula is C55H89NO11. The van der Waals surface area contributed by atoms with Crippen molar-refractivity contribution in [3.63, 3.8) is 0 Å². The summed E-state index contributed by atoms with van der Waals surface area (Å²) in [5, 5.41) is 38.5. The van der Waals surface area contributed by atoms with Gasteiger partial charge in [0.25, 0.3) is 0 Å². The van der Waals surface area contributed by atoms with Gasteiger partial charge < -0.3 is 43.7 Å². The van der Waals surface area contributed by atoms with Crippen molar-refractivity contribution in [2.45, 2.75) is 215 Å². The molecule has 6 fully saturated rings. The van der Waals surface area contributed by atoms with Crippen LogP contribution in [0.25, 0.3) is 0 Å². The Morgan fingerprint density at radius 1 is 0.716 bits per heavy atom. The number of ether oxygens (including phenoxy) is 6. The van der Waals surface area contributed by atoms with Gasteiger partial charge in [-0.1, -0.05) is 154 Å². The van der Waals surface area contributed by atoms with E-state index in [0.29, 0.717) is 31.5 Å². The Morgan fingerprint density at radius 3 is 1.79 bits per heavy atom. The molecular weight excluding hydrogens is 851 g/mol. The normalized spacial score (nSPS) is 38.0. The number of esters is 2. The molecule has 12 nitrogen and oxygen atoms in total. The van der Waals surface area contributed by atoms with E-state index < -0.39 is 88.3 Å². The van der Waals surface area contributed by atoms with Crippen molar-refractivity contribution in [2.75, 3.05) is 48.1 Å². The fourth-order valence-corrected chi connectivity index (χ4v) is 15.8. The van der Waals surface area contributed by atoms with E-state index in [1.54, 1.807) is 45.6 Å². The number of piperidine rings is 1. The van der Waals surface area contributed by atoms with Crippen LogP contribution in [-0.4, -0.2) is 134 Å². The van der Waals surface area contributed by atoms with Gasteiger partial charge in [-0.05, 0) is 37.4 Å². The van der Waals surface area contributed by atoms with Crippen LogP contribution in [0.5, 0.6) is 0 Å². The van der Waals surface area contributed by atoms with Crippen molar-refractivity contribution in [3.05, 3.63) is 35.9 Å². The molecule has 12 heteroatoms. The molecule has 1 aromatic rings. The van der Waals surface area contributed by atoms with Crippen molar-refractivity contribution < 1.29 is 53.3 Å². The van der Waals surface area contributed by atoms with Gasteiger partial charge in [-0.2, -0.15) is 0 Å². The highest BCUT2D eigenvalue weighted by atomic mass is 16.6. The number of aliphatic hydroxyl groups excluding tert-OH is 2. The molecule has 7 rings (SSSR count). The van der Waals surface area contributed by atoms with Gasteiger partial charge in [0, 0.05) is 82.5 Å². The minimum Gasteiger partial charge on any atom is -0.455 e. The quantitative estimate of drug-likeness (QED) is 0.0499. The maximum atomic E-state index is 14.6. The summed E-state index contributed by atoms with van der Waals surface area (Å²) in [5.41, 5.74) is -4.83. The van der Waals surface area contributed by atoms with Crippen molar-refractivity contribution >= 4 is 11.9 Å². The predicted molar refractivity (Wildman–Crippen MR) is 257 cm³/mol. The largest absolute Gasteiger partial charge is 0.455 e. The molecule has 15 atom stereocenters. The summed E-state index contributed by atoms with van der Waals surface area (Å²) < 4.78 is 38.8. The molecule has 0 radical (unpaired) electrons. The first-order valence-electron chi connectivity index (χ1n) is 26.9. The lowest BCUT2D eigenvalue weighted by Gasteiger charge is -2.70. The number of methoxy groups -OCH3 is 4. The zero-order chi connectivity index (χ0) is 47.8. The predicted octanol–water partition coefficient (Wildman–Crippen LogP) is 8.84. The van der Waals surface area contributed by atoms with Crippen LogP contribution >= 0.6 is 0 Å². The van der Waals surface area contributed by atoms with Gasteiger partial charge >= 0.3 is 11.9 Å². The molecule has 7 bridgehead atoms. The number of hydrogen-bond acceptors (Lipinski definition) is 12. The average molecular weight is 940 g/mol. The number of carbonyl (C=O) groups is 2. The third-order valence-corrected chi connectivity index (χ3v) is 18.4. The molecule has 1 saturated heterocycles. The number of fused-ring (bicyclic) bond motifs is 2. The molecule has 0 aromatic heterocycles. The molecule has 6 aliphatic rings. The summed E-state index contributed by atoms with van der Waals surface area (Å²) in [6.07, 6.45) is 20.0. The summed E-state index contributed by atoms with van der Waals surface area (Å²) in [6.45, 7) is 5.72. The zero-order valence-electron chi connectivity index (χ0n) is 42.2. The first-order valence-corrected chi connectivity index (χ1v) is 26.9. The molecule has 5 saturated carbocycles. The molecule has 380 valence electrons. The number of hydrogen-bond donors (Lipinski definition) is 3. The second-order valence-corrected chi connectivity index (χ2v) is 21.8. The number of aliphatic hydroxyl groups is 3. The lowest BCUT2D eigenvalue weighted by Crippen LogP contribution is -2.81. The number of carbonyl (C=O) groups excluding carboxylic acids is 2. The van der Waals surface area contributed by atoms with Crippen LogP contribution in [0.3, 0.4) is 0 Å². The fraction of sp³-hybridized carbons (Fsp3) is 0.855. The van der Waals surface area contributed by atoms with Crippen LogP contribution in [-0.2, 0) is 33.2 Å². The van der Waals surface area contributed by atoms with Crippen LogP contribution < -0.4 is 0 Å². The molecule has 3 N–H and O–H groups in total. The average Bonchev–Trinajstić information content (AvgIpc) is 3.71. The SMILES string of the molecule is CCCCCCCCCCCCCCCCCCCCCCC(=O)O[C@]12[C@H]3[C@@H](OC(=O)c4ccccc4)[C@](O)(C[C@H]3[C@@]34C5[C@@H]1[C@H](OC)[C@@H]3[C@](COC)(CN5CC)[C@H](O)C[C@@H]4OC)[C@@H](OC)[C@@H]2O. The van der Waals surface area contributed by atoms with Crippen LogP contribution in [0.2, 0.25) is 0 Å². The highest BCUT2D eigenvalue weighted by Crippen LogP contribution is 2.80. The van der Waals surface area contributed by atoms with Gasteiger partial charge in [0.2, 0.25) is 0 Å². The molecule has 1 aliphatic heterocycles. The number of unbranched alkanes of at least 4 members (excludes halogenated alkanes) is 19. The third-order valence-electron chi connectivity index (χ3n) is 18.4. The van der Waals surface area contributed by atoms with E-state index in [1.807, 2.05) is 6.07 Å². The highest BCUT2D eigenvalue weighted by Gasteiger charge is 2.92. The minimum absolute atomic E-state index is 0.0886. The van der Waals surface area contributed by atoms with Crippen molar-refractivity contribution in [1.29, 1.82) is 0 Å².